The molecule has 3 aromatic rings. The fourth-order valence-electron chi connectivity index (χ4n) is 3.89. The van der Waals surface area contributed by atoms with Gasteiger partial charge in [0.2, 0.25) is 0 Å². The normalized spacial score (nSPS) is 15.7. The fourth-order valence-corrected chi connectivity index (χ4v) is 3.89. The van der Waals surface area contributed by atoms with Gasteiger partial charge in [-0.2, -0.15) is 26.3 Å². The first kappa shape index (κ1) is 26.1. The number of benzene rings is 3. The van der Waals surface area contributed by atoms with Crippen LogP contribution in [0.25, 0.3) is 0 Å². The number of alkyl halides is 6. The Balaban J connectivity index is 1.62. The van der Waals surface area contributed by atoms with Gasteiger partial charge in [0.1, 0.15) is 5.75 Å². The molecule has 0 bridgehead atoms. The zero-order valence-corrected chi connectivity index (χ0v) is 19.3. The maximum absolute atomic E-state index is 13.2. The first-order valence-electron chi connectivity index (χ1n) is 11.1. The summed E-state index contributed by atoms with van der Waals surface area (Å²) in [7, 11) is 0. The van der Waals surface area contributed by atoms with Crippen molar-refractivity contribution < 1.29 is 40.7 Å². The highest BCUT2D eigenvalue weighted by Gasteiger charge is 2.38. The van der Waals surface area contributed by atoms with Crippen LogP contribution >= 0.6 is 0 Å². The van der Waals surface area contributed by atoms with Crippen LogP contribution in [0.3, 0.4) is 0 Å². The predicted octanol–water partition coefficient (Wildman–Crippen LogP) is 6.33. The number of nitrogens with one attached hydrogen (secondary N) is 1. The van der Waals surface area contributed by atoms with Crippen molar-refractivity contribution in [2.45, 2.75) is 31.8 Å². The number of amides is 2. The summed E-state index contributed by atoms with van der Waals surface area (Å²) in [5.74, 6) is -1.17. The molecule has 0 fully saturated rings. The lowest BCUT2D eigenvalue weighted by atomic mass is 10.0. The topological polar surface area (TPSA) is 58.6 Å². The van der Waals surface area contributed by atoms with E-state index in [2.05, 4.69) is 5.32 Å². The fraction of sp³-hybridized carbons (Fsp3) is 0.231. The quantitative estimate of drug-likeness (QED) is 0.399. The van der Waals surface area contributed by atoms with Crippen LogP contribution in [-0.2, 0) is 23.6 Å². The van der Waals surface area contributed by atoms with Gasteiger partial charge in [-0.1, -0.05) is 30.3 Å². The van der Waals surface area contributed by atoms with E-state index in [-0.39, 0.29) is 24.2 Å². The molecule has 0 saturated heterocycles. The number of nitrogens with zero attached hydrogens (tertiary/aromatic N) is 1. The summed E-state index contributed by atoms with van der Waals surface area (Å²) in [5.41, 5.74) is -2.66. The zero-order chi connectivity index (χ0) is 27.0. The molecular weight excluding hydrogens is 502 g/mol. The van der Waals surface area contributed by atoms with Crippen LogP contribution in [0.5, 0.6) is 5.75 Å². The molecule has 5 nitrogen and oxygen atoms in total. The number of hydrogen-bond acceptors (Lipinski definition) is 3. The third kappa shape index (κ3) is 5.87. The zero-order valence-electron chi connectivity index (χ0n) is 19.3. The van der Waals surface area contributed by atoms with Gasteiger partial charge in [0.15, 0.2) is 6.10 Å². The van der Waals surface area contributed by atoms with Crippen molar-refractivity contribution in [3.8, 4) is 5.75 Å². The molecule has 1 atom stereocenters. The summed E-state index contributed by atoms with van der Waals surface area (Å²) in [6.45, 7) is 1.87. The Labute approximate surface area is 207 Å². The molecule has 0 saturated carbocycles. The summed E-state index contributed by atoms with van der Waals surface area (Å²) in [5, 5.41) is 2.32. The van der Waals surface area contributed by atoms with Crippen molar-refractivity contribution in [1.29, 1.82) is 0 Å². The SMILES string of the molecule is CC1Oc2ccc(NC(=O)c3cc(C(F)(F)F)cc(C(F)(F)F)c3)cc2N(CCc2ccccc2)C1=O. The number of halogens is 6. The molecule has 0 aromatic heterocycles. The molecule has 1 N–H and O–H groups in total. The molecule has 3 aromatic carbocycles. The molecule has 1 aliphatic rings. The van der Waals surface area contributed by atoms with E-state index >= 15 is 0 Å². The minimum absolute atomic E-state index is 0.0512. The highest BCUT2D eigenvalue weighted by atomic mass is 19.4. The Morgan fingerprint density at radius 2 is 1.54 bits per heavy atom. The summed E-state index contributed by atoms with van der Waals surface area (Å²) in [6, 6.07) is 14.3. The lowest BCUT2D eigenvalue weighted by Crippen LogP contribution is -2.45. The molecule has 1 heterocycles. The van der Waals surface area contributed by atoms with Crippen molar-refractivity contribution in [2.24, 2.45) is 0 Å². The van der Waals surface area contributed by atoms with Gasteiger partial charge in [0, 0.05) is 17.8 Å². The van der Waals surface area contributed by atoms with Crippen LogP contribution in [0.2, 0.25) is 0 Å². The monoisotopic (exact) mass is 522 g/mol. The van der Waals surface area contributed by atoms with Gasteiger partial charge in [0.25, 0.3) is 11.8 Å². The van der Waals surface area contributed by atoms with E-state index in [0.29, 0.717) is 30.0 Å². The Bertz CT molecular complexity index is 1290. The van der Waals surface area contributed by atoms with E-state index in [9.17, 15) is 35.9 Å². The lowest BCUT2D eigenvalue weighted by Gasteiger charge is -2.33. The van der Waals surface area contributed by atoms with Gasteiger partial charge in [-0.05, 0) is 55.3 Å². The summed E-state index contributed by atoms with van der Waals surface area (Å²) in [6.07, 6.45) is -10.4. The molecule has 2 amide bonds. The number of carbonyl (C=O) groups is 2. The molecule has 0 aliphatic carbocycles. The third-order valence-corrected chi connectivity index (χ3v) is 5.74. The minimum Gasteiger partial charge on any atom is -0.479 e. The molecule has 37 heavy (non-hydrogen) atoms. The van der Waals surface area contributed by atoms with Gasteiger partial charge in [-0.3, -0.25) is 9.59 Å². The second-order valence-corrected chi connectivity index (χ2v) is 8.42. The summed E-state index contributed by atoms with van der Waals surface area (Å²) < 4.78 is 84.6. The Morgan fingerprint density at radius 3 is 2.14 bits per heavy atom. The molecule has 1 aliphatic heterocycles. The van der Waals surface area contributed by atoms with E-state index in [0.717, 1.165) is 5.56 Å². The van der Waals surface area contributed by atoms with Crippen LogP contribution in [0.1, 0.15) is 34.0 Å². The van der Waals surface area contributed by atoms with E-state index in [1.54, 1.807) is 6.92 Å². The predicted molar refractivity (Wildman–Crippen MR) is 123 cm³/mol. The van der Waals surface area contributed by atoms with Gasteiger partial charge >= 0.3 is 12.4 Å². The standard InChI is InChI=1S/C26H20F6N2O3/c1-15-24(36)34(10-9-16-5-3-2-4-6-16)21-14-20(7-8-22(21)37-15)33-23(35)17-11-18(25(27,28)29)13-19(12-17)26(30,31)32/h2-8,11-15H,9-10H2,1H3,(H,33,35). The van der Waals surface area contributed by atoms with Crippen LogP contribution in [0.15, 0.2) is 66.7 Å². The van der Waals surface area contributed by atoms with Crippen molar-refractivity contribution in [1.82, 2.24) is 0 Å². The summed E-state index contributed by atoms with van der Waals surface area (Å²) >= 11 is 0. The van der Waals surface area contributed by atoms with E-state index in [1.165, 1.54) is 23.1 Å². The molecular formula is C26H20F6N2O3. The highest BCUT2D eigenvalue weighted by Crippen LogP contribution is 2.38. The first-order valence-corrected chi connectivity index (χ1v) is 11.1. The minimum atomic E-state index is -5.09. The van der Waals surface area contributed by atoms with Crippen molar-refractivity contribution in [3.63, 3.8) is 0 Å². The highest BCUT2D eigenvalue weighted by molar-refractivity contribution is 6.06. The number of rotatable bonds is 5. The smallest absolute Gasteiger partial charge is 0.416 e. The van der Waals surface area contributed by atoms with Gasteiger partial charge < -0.3 is 15.0 Å². The van der Waals surface area contributed by atoms with Crippen molar-refractivity contribution in [3.05, 3.63) is 89.0 Å². The molecule has 4 rings (SSSR count). The second-order valence-electron chi connectivity index (χ2n) is 8.42. The third-order valence-electron chi connectivity index (χ3n) is 5.74. The molecule has 194 valence electrons. The number of anilines is 2. The number of hydrogen-bond donors (Lipinski definition) is 1. The van der Waals surface area contributed by atoms with Crippen LogP contribution in [0.4, 0.5) is 37.7 Å². The van der Waals surface area contributed by atoms with Gasteiger partial charge in [-0.25, -0.2) is 0 Å². The van der Waals surface area contributed by atoms with Crippen LogP contribution in [-0.4, -0.2) is 24.5 Å². The largest absolute Gasteiger partial charge is 0.479 e. The second kappa shape index (κ2) is 9.79. The summed E-state index contributed by atoms with van der Waals surface area (Å²) in [4.78, 5) is 27.0. The van der Waals surface area contributed by atoms with Crippen molar-refractivity contribution >= 4 is 23.2 Å². The Morgan fingerprint density at radius 1 is 0.919 bits per heavy atom. The number of ether oxygens (including phenoxy) is 1. The molecule has 11 heteroatoms. The van der Waals surface area contributed by atoms with E-state index in [1.807, 2.05) is 30.3 Å². The van der Waals surface area contributed by atoms with E-state index < -0.39 is 41.1 Å². The maximum atomic E-state index is 13.2. The van der Waals surface area contributed by atoms with Crippen molar-refractivity contribution in [2.75, 3.05) is 16.8 Å². The number of fused-ring (bicyclic) bond motifs is 1. The molecule has 0 spiro atoms. The first-order chi connectivity index (χ1) is 17.3. The van der Waals surface area contributed by atoms with Crippen LogP contribution < -0.4 is 15.0 Å². The van der Waals surface area contributed by atoms with Gasteiger partial charge in [-0.15, -0.1) is 0 Å². The Hall–Kier alpha value is -4.02. The van der Waals surface area contributed by atoms with Crippen LogP contribution in [0, 0.1) is 0 Å². The maximum Gasteiger partial charge on any atom is 0.416 e. The lowest BCUT2D eigenvalue weighted by molar-refractivity contribution is -0.143. The molecule has 0 radical (unpaired) electrons. The van der Waals surface area contributed by atoms with Gasteiger partial charge in [0.05, 0.1) is 16.8 Å². The average molecular weight is 522 g/mol. The molecule has 1 unspecified atom stereocenters. The average Bonchev–Trinajstić information content (AvgIpc) is 2.84. The Kier molecular flexibility index (Phi) is 6.90. The van der Waals surface area contributed by atoms with E-state index in [4.69, 9.17) is 4.74 Å². The number of carbonyl (C=O) groups excluding carboxylic acids is 2.